The number of benzene rings is 2. The van der Waals surface area contributed by atoms with Crippen LogP contribution in [0.3, 0.4) is 0 Å². The highest BCUT2D eigenvalue weighted by atomic mass is 16.6. The van der Waals surface area contributed by atoms with Gasteiger partial charge in [-0.1, -0.05) is 114 Å². The van der Waals surface area contributed by atoms with E-state index in [1.807, 2.05) is 49.9 Å². The van der Waals surface area contributed by atoms with Gasteiger partial charge in [0, 0.05) is 44.6 Å². The monoisotopic (exact) mass is 836 g/mol. The summed E-state index contributed by atoms with van der Waals surface area (Å²) in [7, 11) is 0. The lowest BCUT2D eigenvalue weighted by Crippen LogP contribution is -2.53. The van der Waals surface area contributed by atoms with Gasteiger partial charge in [0.15, 0.2) is 0 Å². The zero-order valence-corrected chi connectivity index (χ0v) is 38.8. The third-order valence-electron chi connectivity index (χ3n) is 16.5. The van der Waals surface area contributed by atoms with Crippen LogP contribution in [0.1, 0.15) is 156 Å². The number of nitrogens with zero attached hydrogens (tertiary/aromatic N) is 2. The van der Waals surface area contributed by atoms with Crippen molar-refractivity contribution in [3.05, 3.63) is 71.3 Å². The zero-order valence-electron chi connectivity index (χ0n) is 38.8. The van der Waals surface area contributed by atoms with Crippen LogP contribution < -0.4 is 5.32 Å². The molecule has 61 heavy (non-hydrogen) atoms. The number of hydrogen-bond donors (Lipinski definition) is 2. The minimum Gasteiger partial charge on any atom is -0.465 e. The molecule has 0 spiro atoms. The molecule has 8 heteroatoms. The fourth-order valence-corrected chi connectivity index (χ4v) is 13.4. The summed E-state index contributed by atoms with van der Waals surface area (Å²) in [6.45, 7) is 19.6. The van der Waals surface area contributed by atoms with E-state index in [-0.39, 0.29) is 48.9 Å². The molecule has 5 aliphatic carbocycles. The zero-order chi connectivity index (χ0) is 43.7. The van der Waals surface area contributed by atoms with Crippen molar-refractivity contribution in [3.8, 4) is 11.1 Å². The van der Waals surface area contributed by atoms with E-state index in [9.17, 15) is 19.5 Å². The van der Waals surface area contributed by atoms with E-state index in [0.717, 1.165) is 71.1 Å². The third kappa shape index (κ3) is 9.59. The summed E-state index contributed by atoms with van der Waals surface area (Å²) in [5, 5.41) is 13.2. The van der Waals surface area contributed by atoms with Crippen LogP contribution in [0.25, 0.3) is 11.1 Å². The Kier molecular flexibility index (Phi) is 13.7. The second kappa shape index (κ2) is 18.5. The van der Waals surface area contributed by atoms with E-state index in [2.05, 4.69) is 70.3 Å². The van der Waals surface area contributed by atoms with Gasteiger partial charge in [-0.2, -0.15) is 0 Å². The first-order valence-electron chi connectivity index (χ1n) is 24.1. The molecule has 3 saturated carbocycles. The lowest BCUT2D eigenvalue weighted by molar-refractivity contribution is -0.121. The molecule has 8 atom stereocenters. The standard InChI is InChI=1S/C53H77N3O5/c1-35(2)15-13-16-36(3)45-23-24-46-43-22-21-37-33-38(25-28-52(37,7)47(43)26-29-53(45,46)8)56(50(60)61-51(4,5)6)31-14-30-54-48(57)27-32-55(49(58)59)34-44-41-19-11-9-17-39(41)40-18-10-12-20-42(40)44/h9-12,17-21,35-36,38,43-47H,13-16,22-34H2,1-8H3,(H,54,57)(H,58,59)/t36-,38+,43+,45-,46+,47+,52+,53-/m1/s1. The first-order valence-corrected chi connectivity index (χ1v) is 24.1. The van der Waals surface area contributed by atoms with Crippen molar-refractivity contribution in [1.82, 2.24) is 15.1 Å². The molecule has 2 aromatic carbocycles. The number of fused-ring (bicyclic) bond motifs is 8. The Labute approximate surface area is 367 Å². The van der Waals surface area contributed by atoms with Crippen molar-refractivity contribution in [2.24, 2.45) is 46.3 Å². The van der Waals surface area contributed by atoms with Gasteiger partial charge in [-0.15, -0.1) is 0 Å². The van der Waals surface area contributed by atoms with E-state index in [4.69, 9.17) is 4.74 Å². The molecule has 5 aliphatic rings. The summed E-state index contributed by atoms with van der Waals surface area (Å²) >= 11 is 0. The highest BCUT2D eigenvalue weighted by Crippen LogP contribution is 2.67. The predicted octanol–water partition coefficient (Wildman–Crippen LogP) is 12.3. The van der Waals surface area contributed by atoms with E-state index in [1.54, 1.807) is 5.57 Å². The molecule has 2 aromatic rings. The summed E-state index contributed by atoms with van der Waals surface area (Å²) in [5.74, 6) is 4.49. The smallest absolute Gasteiger partial charge is 0.410 e. The van der Waals surface area contributed by atoms with Gasteiger partial charge in [-0.3, -0.25) is 4.79 Å². The number of allylic oxidation sites excluding steroid dienone is 1. The number of ether oxygens (including phenoxy) is 1. The molecule has 3 fully saturated rings. The van der Waals surface area contributed by atoms with Gasteiger partial charge in [-0.05, 0) is 147 Å². The highest BCUT2D eigenvalue weighted by Gasteiger charge is 2.59. The first-order chi connectivity index (χ1) is 29.0. The molecular formula is C53H77N3O5. The normalized spacial score (nSPS) is 28.4. The summed E-state index contributed by atoms with van der Waals surface area (Å²) < 4.78 is 6.01. The van der Waals surface area contributed by atoms with Gasteiger partial charge in [0.05, 0.1) is 0 Å². The topological polar surface area (TPSA) is 99.2 Å². The minimum absolute atomic E-state index is 0.0628. The summed E-state index contributed by atoms with van der Waals surface area (Å²) in [6.07, 6.45) is 15.7. The Balaban J connectivity index is 0.938. The maximum atomic E-state index is 13.9. The van der Waals surface area contributed by atoms with Gasteiger partial charge in [0.25, 0.3) is 0 Å². The molecule has 8 nitrogen and oxygen atoms in total. The lowest BCUT2D eigenvalue weighted by atomic mass is 9.46. The van der Waals surface area contributed by atoms with E-state index in [0.29, 0.717) is 30.8 Å². The molecule has 0 saturated heterocycles. The van der Waals surface area contributed by atoms with Crippen LogP contribution in [0.2, 0.25) is 0 Å². The second-order valence-corrected chi connectivity index (χ2v) is 21.8. The third-order valence-corrected chi connectivity index (χ3v) is 16.5. The Hall–Kier alpha value is -3.81. The first kappa shape index (κ1) is 45.2. The van der Waals surface area contributed by atoms with E-state index in [1.165, 1.54) is 56.3 Å². The van der Waals surface area contributed by atoms with Gasteiger partial charge < -0.3 is 25.0 Å². The average Bonchev–Trinajstić information content (AvgIpc) is 3.73. The van der Waals surface area contributed by atoms with Gasteiger partial charge in [0.2, 0.25) is 5.91 Å². The number of hydrogen-bond acceptors (Lipinski definition) is 4. The highest BCUT2D eigenvalue weighted by molar-refractivity contribution is 5.80. The van der Waals surface area contributed by atoms with Crippen molar-refractivity contribution in [3.63, 3.8) is 0 Å². The van der Waals surface area contributed by atoms with Crippen LogP contribution >= 0.6 is 0 Å². The quantitative estimate of drug-likeness (QED) is 0.137. The maximum absolute atomic E-state index is 13.9. The fraction of sp³-hybridized carbons (Fsp3) is 0.679. The fourth-order valence-electron chi connectivity index (χ4n) is 13.4. The molecule has 0 radical (unpaired) electrons. The molecule has 0 unspecified atom stereocenters. The van der Waals surface area contributed by atoms with Crippen molar-refractivity contribution in [1.29, 1.82) is 0 Å². The van der Waals surface area contributed by atoms with Gasteiger partial charge in [0.1, 0.15) is 5.60 Å². The SMILES string of the molecule is CC(C)CCC[C@@H](C)[C@H]1CC[C@H]2[C@@H]3CC=C4C[C@@H](N(CCCNC(=O)CCN(CC5c6ccccc6-c6ccccc65)C(=O)O)C(=O)OC(C)(C)C)CC[C@]4(C)[C@H]3CC[C@]12C. The Morgan fingerprint density at radius 1 is 0.869 bits per heavy atom. The van der Waals surface area contributed by atoms with Gasteiger partial charge in [-0.25, -0.2) is 9.59 Å². The minimum atomic E-state index is -1.03. The van der Waals surface area contributed by atoms with E-state index < -0.39 is 11.7 Å². The van der Waals surface area contributed by atoms with Crippen LogP contribution in [0.15, 0.2) is 60.2 Å². The molecule has 0 aromatic heterocycles. The molecule has 3 amide bonds. The number of amides is 3. The van der Waals surface area contributed by atoms with Crippen LogP contribution in [-0.4, -0.2) is 70.8 Å². The van der Waals surface area contributed by atoms with Crippen molar-refractivity contribution >= 4 is 18.1 Å². The summed E-state index contributed by atoms with van der Waals surface area (Å²) in [4.78, 5) is 42.8. The van der Waals surface area contributed by atoms with E-state index >= 15 is 0 Å². The Bertz CT molecular complexity index is 1870. The predicted molar refractivity (Wildman–Crippen MR) is 245 cm³/mol. The van der Waals surface area contributed by atoms with Gasteiger partial charge >= 0.3 is 12.2 Å². The Morgan fingerprint density at radius 3 is 2.21 bits per heavy atom. The van der Waals surface area contributed by atoms with Crippen molar-refractivity contribution in [2.75, 3.05) is 26.2 Å². The average molecular weight is 836 g/mol. The number of carbonyl (C=O) groups is 3. The van der Waals surface area contributed by atoms with Crippen molar-refractivity contribution < 1.29 is 24.2 Å². The Morgan fingerprint density at radius 2 is 1.56 bits per heavy atom. The van der Waals surface area contributed by atoms with Crippen LogP contribution in [0, 0.1) is 46.3 Å². The van der Waals surface area contributed by atoms with Crippen LogP contribution in [-0.2, 0) is 9.53 Å². The number of rotatable bonds is 15. The van der Waals surface area contributed by atoms with Crippen LogP contribution in [0.4, 0.5) is 9.59 Å². The largest absolute Gasteiger partial charge is 0.465 e. The molecule has 2 N–H and O–H groups in total. The number of carboxylic acid groups (broad SMARTS) is 1. The molecule has 7 rings (SSSR count). The number of carbonyl (C=O) groups excluding carboxylic acids is 2. The van der Waals surface area contributed by atoms with Crippen LogP contribution in [0.5, 0.6) is 0 Å². The molecule has 0 heterocycles. The second-order valence-electron chi connectivity index (χ2n) is 21.8. The maximum Gasteiger partial charge on any atom is 0.410 e. The number of nitrogens with one attached hydrogen (secondary N) is 1. The van der Waals surface area contributed by atoms with Crippen molar-refractivity contribution in [2.45, 2.75) is 156 Å². The summed E-state index contributed by atoms with van der Waals surface area (Å²) in [5.41, 5.74) is 6.13. The lowest BCUT2D eigenvalue weighted by Gasteiger charge is -2.59. The molecule has 334 valence electrons. The molecular weight excluding hydrogens is 759 g/mol. The molecule has 0 aliphatic heterocycles. The summed E-state index contributed by atoms with van der Waals surface area (Å²) in [6, 6.07) is 16.4. The molecule has 0 bridgehead atoms.